The largest absolute Gasteiger partial charge is 0.566 e. The van der Waals surface area contributed by atoms with Crippen molar-refractivity contribution in [3.05, 3.63) is 35.9 Å². The Morgan fingerprint density at radius 3 is 2.07 bits per heavy atom. The lowest BCUT2D eigenvalue weighted by molar-refractivity contribution is -0.763. The standard InChI is InChI=1S/C13H19BN/c1-10-12(11-8-6-5-7-9-11)15(10,14)13(2,3)4/h5-10,12H,1-4H3/t10?,12-,15-/m1/s1. The monoisotopic (exact) mass is 200 g/mol. The van der Waals surface area contributed by atoms with E-state index in [9.17, 15) is 0 Å². The highest BCUT2D eigenvalue weighted by atomic mass is 15.5. The molecule has 2 rings (SSSR count). The lowest BCUT2D eigenvalue weighted by Crippen LogP contribution is -2.44. The molecule has 0 bridgehead atoms. The lowest BCUT2D eigenvalue weighted by Gasteiger charge is -2.45. The smallest absolute Gasteiger partial charge is 0.117 e. The highest BCUT2D eigenvalue weighted by Crippen LogP contribution is 2.55. The molecule has 15 heavy (non-hydrogen) atoms. The first kappa shape index (κ1) is 10.8. The average Bonchev–Trinajstić information content (AvgIpc) is 2.72. The van der Waals surface area contributed by atoms with Gasteiger partial charge >= 0.3 is 0 Å². The Morgan fingerprint density at radius 2 is 1.67 bits per heavy atom. The highest BCUT2D eigenvalue weighted by Gasteiger charge is 2.56. The van der Waals surface area contributed by atoms with Crippen LogP contribution in [0.3, 0.4) is 0 Å². The summed E-state index contributed by atoms with van der Waals surface area (Å²) in [6.07, 6.45) is 0. The highest BCUT2D eigenvalue weighted by molar-refractivity contribution is 5.99. The van der Waals surface area contributed by atoms with Crippen molar-refractivity contribution in [3.8, 4) is 0 Å². The quantitative estimate of drug-likeness (QED) is 0.483. The first-order valence-electron chi connectivity index (χ1n) is 5.61. The van der Waals surface area contributed by atoms with E-state index in [0.717, 1.165) is 0 Å². The molecule has 2 heteroatoms. The number of hydrogen-bond donors (Lipinski definition) is 0. The summed E-state index contributed by atoms with van der Waals surface area (Å²) in [5, 5.41) is 0. The number of hydrogen-bond acceptors (Lipinski definition) is 0. The summed E-state index contributed by atoms with van der Waals surface area (Å²) in [7, 11) is 6.48. The fourth-order valence-electron chi connectivity index (χ4n) is 2.72. The Hall–Kier alpha value is -0.755. The molecule has 1 aliphatic heterocycles. The zero-order chi connectivity index (χ0) is 11.3. The van der Waals surface area contributed by atoms with Gasteiger partial charge in [0, 0.05) is 11.1 Å². The van der Waals surface area contributed by atoms with Crippen LogP contribution in [-0.2, 0) is 0 Å². The SMILES string of the molecule is [B-][N@+]1(C(C)(C)C)C(C)[C@@H]1c1ccccc1. The van der Waals surface area contributed by atoms with Crippen molar-refractivity contribution >= 4 is 7.98 Å². The second kappa shape index (κ2) is 3.12. The fraction of sp³-hybridized carbons (Fsp3) is 0.538. The van der Waals surface area contributed by atoms with Crippen molar-refractivity contribution in [2.75, 3.05) is 0 Å². The Bertz CT molecular complexity index is 355. The molecule has 0 aromatic heterocycles. The molecule has 1 aromatic carbocycles. The van der Waals surface area contributed by atoms with Crippen molar-refractivity contribution in [2.24, 2.45) is 0 Å². The van der Waals surface area contributed by atoms with E-state index in [1.807, 2.05) is 0 Å². The fourth-order valence-corrected chi connectivity index (χ4v) is 2.72. The average molecular weight is 200 g/mol. The molecule has 0 aliphatic carbocycles. The molecule has 79 valence electrons. The Morgan fingerprint density at radius 1 is 1.13 bits per heavy atom. The first-order chi connectivity index (χ1) is 6.89. The zero-order valence-corrected chi connectivity index (χ0v) is 10.1. The van der Waals surface area contributed by atoms with Crippen LogP contribution in [0.1, 0.15) is 39.3 Å². The molecule has 1 saturated heterocycles. The first-order valence-corrected chi connectivity index (χ1v) is 5.61. The molecule has 0 N–H and O–H groups in total. The van der Waals surface area contributed by atoms with Crippen molar-refractivity contribution in [1.29, 1.82) is 0 Å². The molecule has 1 aromatic rings. The summed E-state index contributed by atoms with van der Waals surface area (Å²) in [6, 6.07) is 11.6. The third-order valence-electron chi connectivity index (χ3n) is 3.80. The molecular formula is C13H19BN. The number of benzene rings is 1. The van der Waals surface area contributed by atoms with Crippen LogP contribution in [0.15, 0.2) is 30.3 Å². The molecule has 1 unspecified atom stereocenters. The summed E-state index contributed by atoms with van der Waals surface area (Å²) >= 11 is 0. The second-order valence-corrected chi connectivity index (χ2v) is 5.60. The lowest BCUT2D eigenvalue weighted by atomic mass is 10.00. The molecule has 0 saturated carbocycles. The van der Waals surface area contributed by atoms with E-state index >= 15 is 0 Å². The molecule has 1 fully saturated rings. The van der Waals surface area contributed by atoms with Gasteiger partial charge in [-0.15, -0.1) is 0 Å². The summed E-state index contributed by atoms with van der Waals surface area (Å²) < 4.78 is 0.664. The number of quaternary nitrogens is 1. The van der Waals surface area contributed by atoms with E-state index < -0.39 is 0 Å². The van der Waals surface area contributed by atoms with Crippen LogP contribution in [0.5, 0.6) is 0 Å². The minimum atomic E-state index is 0.111. The molecule has 3 atom stereocenters. The van der Waals surface area contributed by atoms with Crippen molar-refractivity contribution < 1.29 is 4.39 Å². The zero-order valence-electron chi connectivity index (χ0n) is 10.1. The van der Waals surface area contributed by atoms with Crippen molar-refractivity contribution in [3.63, 3.8) is 0 Å². The maximum Gasteiger partial charge on any atom is 0.117 e. The second-order valence-electron chi connectivity index (χ2n) is 5.60. The van der Waals surface area contributed by atoms with Crippen molar-refractivity contribution in [2.45, 2.75) is 45.3 Å². The maximum atomic E-state index is 6.48. The van der Waals surface area contributed by atoms with Gasteiger partial charge in [-0.25, -0.2) is 7.98 Å². The van der Waals surface area contributed by atoms with Crippen LogP contribution in [0.2, 0.25) is 0 Å². The van der Waals surface area contributed by atoms with E-state index in [0.29, 0.717) is 16.5 Å². The van der Waals surface area contributed by atoms with Crippen LogP contribution in [0, 0.1) is 0 Å². The predicted molar refractivity (Wildman–Crippen MR) is 64.4 cm³/mol. The third kappa shape index (κ3) is 1.43. The molecule has 3 radical (unpaired) electrons. The predicted octanol–water partition coefficient (Wildman–Crippen LogP) is 2.83. The van der Waals surface area contributed by atoms with Gasteiger partial charge in [-0.05, 0) is 27.7 Å². The van der Waals surface area contributed by atoms with E-state index in [2.05, 4.69) is 58.0 Å². The van der Waals surface area contributed by atoms with Crippen LogP contribution >= 0.6 is 0 Å². The molecular weight excluding hydrogens is 181 g/mol. The van der Waals surface area contributed by atoms with E-state index in [1.54, 1.807) is 0 Å². The minimum Gasteiger partial charge on any atom is -0.566 e. The van der Waals surface area contributed by atoms with Gasteiger partial charge in [-0.3, -0.25) is 0 Å². The number of rotatable bonds is 1. The van der Waals surface area contributed by atoms with Gasteiger partial charge in [0.25, 0.3) is 0 Å². The minimum absolute atomic E-state index is 0.111. The summed E-state index contributed by atoms with van der Waals surface area (Å²) in [5.41, 5.74) is 1.47. The van der Waals surface area contributed by atoms with Crippen LogP contribution in [0.4, 0.5) is 0 Å². The Kier molecular flexibility index (Phi) is 2.23. The summed E-state index contributed by atoms with van der Waals surface area (Å²) in [5.74, 6) is 0. The van der Waals surface area contributed by atoms with Gasteiger partial charge < -0.3 is 4.39 Å². The van der Waals surface area contributed by atoms with E-state index in [4.69, 9.17) is 7.98 Å². The van der Waals surface area contributed by atoms with Crippen LogP contribution in [0.25, 0.3) is 0 Å². The van der Waals surface area contributed by atoms with Crippen LogP contribution < -0.4 is 0 Å². The normalized spacial score (nSPS) is 35.3. The maximum absolute atomic E-state index is 6.48. The topological polar surface area (TPSA) is 0 Å². The molecule has 0 spiro atoms. The van der Waals surface area contributed by atoms with Gasteiger partial charge in [0.1, 0.15) is 6.04 Å². The molecule has 1 aliphatic rings. The molecule has 0 amide bonds. The van der Waals surface area contributed by atoms with Crippen LogP contribution in [-0.4, -0.2) is 24.0 Å². The third-order valence-corrected chi connectivity index (χ3v) is 3.80. The summed E-state index contributed by atoms with van der Waals surface area (Å²) in [6.45, 7) is 8.88. The van der Waals surface area contributed by atoms with Gasteiger partial charge in [0.2, 0.25) is 0 Å². The number of nitrogens with zero attached hydrogens (tertiary/aromatic N) is 1. The Balaban J connectivity index is 2.30. The Labute approximate surface area is 94.1 Å². The molecule has 1 heterocycles. The molecule has 1 nitrogen and oxygen atoms in total. The van der Waals surface area contributed by atoms with E-state index in [-0.39, 0.29) is 5.54 Å². The van der Waals surface area contributed by atoms with Gasteiger partial charge in [0.15, 0.2) is 0 Å². The summed E-state index contributed by atoms with van der Waals surface area (Å²) in [4.78, 5) is 0. The van der Waals surface area contributed by atoms with Gasteiger partial charge in [-0.1, -0.05) is 30.3 Å². The van der Waals surface area contributed by atoms with Crippen molar-refractivity contribution in [1.82, 2.24) is 0 Å². The van der Waals surface area contributed by atoms with Gasteiger partial charge in [0.05, 0.1) is 6.04 Å². The van der Waals surface area contributed by atoms with Gasteiger partial charge in [-0.2, -0.15) is 0 Å². The van der Waals surface area contributed by atoms with E-state index in [1.165, 1.54) is 5.56 Å².